The summed E-state index contributed by atoms with van der Waals surface area (Å²) < 4.78 is 0. The van der Waals surface area contributed by atoms with E-state index < -0.39 is 6.09 Å². The zero-order chi connectivity index (χ0) is 24.4. The van der Waals surface area contributed by atoms with Gasteiger partial charge in [-0.15, -0.1) is 0 Å². The van der Waals surface area contributed by atoms with Crippen LogP contribution in [0, 0.1) is 18.8 Å². The predicted octanol–water partition coefficient (Wildman–Crippen LogP) is 3.81. The normalized spacial score (nSPS) is 24.0. The lowest BCUT2D eigenvalue weighted by molar-refractivity contribution is -0.140. The van der Waals surface area contributed by atoms with Crippen LogP contribution in [0.1, 0.15) is 50.2 Å². The van der Waals surface area contributed by atoms with Gasteiger partial charge in [-0.3, -0.25) is 14.5 Å². The highest BCUT2D eigenvalue weighted by atomic mass is 35.5. The fourth-order valence-corrected chi connectivity index (χ4v) is 5.81. The lowest BCUT2D eigenvalue weighted by atomic mass is 10.0. The molecular weight excluding hydrogens is 456 g/mol. The monoisotopic (exact) mass is 490 g/mol. The highest BCUT2D eigenvalue weighted by Gasteiger charge is 2.34. The molecule has 0 bridgehead atoms. The van der Waals surface area contributed by atoms with Gasteiger partial charge in [0.25, 0.3) is 0 Å². The Balaban J connectivity index is 1.38. The molecule has 1 aromatic carbocycles. The molecule has 1 unspecified atom stereocenters. The minimum atomic E-state index is -0.990. The number of piperazine rings is 1. The first-order valence-electron chi connectivity index (χ1n) is 12.3. The van der Waals surface area contributed by atoms with E-state index in [0.29, 0.717) is 36.1 Å². The molecule has 3 amide bonds. The maximum absolute atomic E-state index is 12.9. The number of nitrogens with zero attached hydrogens (tertiary/aromatic N) is 3. The molecule has 2 heterocycles. The molecule has 9 heteroatoms. The number of benzene rings is 1. The third-order valence-corrected chi connectivity index (χ3v) is 7.88. The Morgan fingerprint density at radius 3 is 2.44 bits per heavy atom. The molecule has 2 atom stereocenters. The van der Waals surface area contributed by atoms with Gasteiger partial charge in [0.2, 0.25) is 11.8 Å². The fraction of sp³-hybridized carbons (Fsp3) is 0.640. The van der Waals surface area contributed by atoms with Crippen LogP contribution in [0.5, 0.6) is 0 Å². The topological polar surface area (TPSA) is 93.2 Å². The standard InChI is InChI=1S/C25H35ClN4O4/c1-16-13-28(9-10-30(16)24(32)18-5-3-4-6-18)14-20-11-21(26)12-22(17(20)2)27-23(31)19-7-8-29(15-19)25(33)34/h11-12,16,18-19H,3-10,13-15H2,1-2H3,(H,27,31)(H,33,34)/t16-,19?/m0/s1. The van der Waals surface area contributed by atoms with Crippen LogP contribution < -0.4 is 5.32 Å². The van der Waals surface area contributed by atoms with E-state index in [1.54, 1.807) is 6.07 Å². The number of carbonyl (C=O) groups excluding carboxylic acids is 2. The first-order valence-corrected chi connectivity index (χ1v) is 12.7. The molecule has 2 saturated heterocycles. The Bertz CT molecular complexity index is 949. The van der Waals surface area contributed by atoms with Gasteiger partial charge in [0.1, 0.15) is 0 Å². The average molecular weight is 491 g/mol. The van der Waals surface area contributed by atoms with Crippen molar-refractivity contribution in [3.63, 3.8) is 0 Å². The molecule has 1 aliphatic carbocycles. The van der Waals surface area contributed by atoms with E-state index in [2.05, 4.69) is 22.0 Å². The largest absolute Gasteiger partial charge is 0.465 e. The summed E-state index contributed by atoms with van der Waals surface area (Å²) in [5, 5.41) is 12.7. The summed E-state index contributed by atoms with van der Waals surface area (Å²) in [7, 11) is 0. The molecule has 4 rings (SSSR count). The molecule has 2 aliphatic heterocycles. The quantitative estimate of drug-likeness (QED) is 0.654. The molecular formula is C25H35ClN4O4. The van der Waals surface area contributed by atoms with E-state index in [1.165, 1.54) is 4.90 Å². The number of hydrogen-bond acceptors (Lipinski definition) is 4. The van der Waals surface area contributed by atoms with Crippen LogP contribution in [0.4, 0.5) is 10.5 Å². The summed E-state index contributed by atoms with van der Waals surface area (Å²) in [6, 6.07) is 3.86. The van der Waals surface area contributed by atoms with Crippen LogP contribution in [0.3, 0.4) is 0 Å². The third-order valence-electron chi connectivity index (χ3n) is 7.66. The highest BCUT2D eigenvalue weighted by molar-refractivity contribution is 6.31. The second kappa shape index (κ2) is 10.5. The molecule has 34 heavy (non-hydrogen) atoms. The van der Waals surface area contributed by atoms with Gasteiger partial charge in [-0.05, 0) is 56.4 Å². The molecule has 0 aromatic heterocycles. The van der Waals surface area contributed by atoms with Crippen molar-refractivity contribution in [3.05, 3.63) is 28.3 Å². The maximum Gasteiger partial charge on any atom is 0.407 e. The Morgan fingerprint density at radius 1 is 1.06 bits per heavy atom. The number of rotatable bonds is 5. The van der Waals surface area contributed by atoms with Crippen molar-refractivity contribution >= 4 is 35.2 Å². The van der Waals surface area contributed by atoms with Crippen LogP contribution in [0.2, 0.25) is 5.02 Å². The van der Waals surface area contributed by atoms with Crippen LogP contribution in [0.15, 0.2) is 12.1 Å². The minimum absolute atomic E-state index is 0.167. The van der Waals surface area contributed by atoms with Gasteiger partial charge in [-0.25, -0.2) is 4.79 Å². The van der Waals surface area contributed by atoms with Gasteiger partial charge in [0.15, 0.2) is 0 Å². The average Bonchev–Trinajstić information content (AvgIpc) is 3.49. The van der Waals surface area contributed by atoms with Crippen molar-refractivity contribution in [2.24, 2.45) is 11.8 Å². The summed E-state index contributed by atoms with van der Waals surface area (Å²) in [5.74, 6) is -0.00302. The summed E-state index contributed by atoms with van der Waals surface area (Å²) in [6.07, 6.45) is 3.91. The van der Waals surface area contributed by atoms with Gasteiger partial charge < -0.3 is 20.2 Å². The number of nitrogens with one attached hydrogen (secondary N) is 1. The lowest BCUT2D eigenvalue weighted by Gasteiger charge is -2.41. The van der Waals surface area contributed by atoms with Crippen molar-refractivity contribution in [2.45, 2.75) is 58.5 Å². The summed E-state index contributed by atoms with van der Waals surface area (Å²) in [4.78, 5) is 42.5. The highest BCUT2D eigenvalue weighted by Crippen LogP contribution is 2.30. The van der Waals surface area contributed by atoms with E-state index >= 15 is 0 Å². The molecule has 8 nitrogen and oxygen atoms in total. The molecule has 0 radical (unpaired) electrons. The number of hydrogen-bond donors (Lipinski definition) is 2. The van der Waals surface area contributed by atoms with Crippen LogP contribution in [0.25, 0.3) is 0 Å². The lowest BCUT2D eigenvalue weighted by Crippen LogP contribution is -2.54. The second-order valence-electron chi connectivity index (χ2n) is 10.0. The van der Waals surface area contributed by atoms with Gasteiger partial charge in [0, 0.05) is 61.9 Å². The maximum atomic E-state index is 12.9. The van der Waals surface area contributed by atoms with Crippen molar-refractivity contribution in [2.75, 3.05) is 38.0 Å². The minimum Gasteiger partial charge on any atom is -0.465 e. The molecule has 1 aromatic rings. The molecule has 1 saturated carbocycles. The van der Waals surface area contributed by atoms with E-state index in [9.17, 15) is 14.4 Å². The van der Waals surface area contributed by atoms with Gasteiger partial charge in [-0.2, -0.15) is 0 Å². The van der Waals surface area contributed by atoms with Crippen molar-refractivity contribution in [3.8, 4) is 0 Å². The van der Waals surface area contributed by atoms with Crippen molar-refractivity contribution in [1.82, 2.24) is 14.7 Å². The number of amides is 3. The number of carbonyl (C=O) groups is 3. The van der Waals surface area contributed by atoms with E-state index in [-0.39, 0.29) is 30.3 Å². The number of carboxylic acid groups (broad SMARTS) is 1. The smallest absolute Gasteiger partial charge is 0.407 e. The molecule has 186 valence electrons. The van der Waals surface area contributed by atoms with Crippen molar-refractivity contribution < 1.29 is 19.5 Å². The summed E-state index contributed by atoms with van der Waals surface area (Å²) in [5.41, 5.74) is 2.68. The first kappa shape index (κ1) is 24.8. The second-order valence-corrected chi connectivity index (χ2v) is 10.5. The molecule has 0 spiro atoms. The Morgan fingerprint density at radius 2 is 1.79 bits per heavy atom. The fourth-order valence-electron chi connectivity index (χ4n) is 5.56. The van der Waals surface area contributed by atoms with Crippen LogP contribution >= 0.6 is 11.6 Å². The van der Waals surface area contributed by atoms with Crippen LogP contribution in [-0.4, -0.2) is 76.5 Å². The van der Waals surface area contributed by atoms with E-state index in [1.807, 2.05) is 13.0 Å². The number of likely N-dealkylation sites (tertiary alicyclic amines) is 1. The summed E-state index contributed by atoms with van der Waals surface area (Å²) in [6.45, 7) is 7.74. The number of anilines is 1. The first-order chi connectivity index (χ1) is 16.2. The van der Waals surface area contributed by atoms with E-state index in [0.717, 1.165) is 56.4 Å². The zero-order valence-corrected chi connectivity index (χ0v) is 20.8. The van der Waals surface area contributed by atoms with Gasteiger partial charge >= 0.3 is 6.09 Å². The SMILES string of the molecule is Cc1c(CN2CCN(C(=O)C3CCCC3)[C@@H](C)C2)cc(Cl)cc1NC(=O)C1CCN(C(=O)O)C1. The van der Waals surface area contributed by atoms with Gasteiger partial charge in [0.05, 0.1) is 5.92 Å². The third kappa shape index (κ3) is 5.49. The predicted molar refractivity (Wildman–Crippen MR) is 131 cm³/mol. The summed E-state index contributed by atoms with van der Waals surface area (Å²) >= 11 is 6.40. The Labute approximate surface area is 206 Å². The number of halogens is 1. The molecule has 2 N–H and O–H groups in total. The van der Waals surface area contributed by atoms with Crippen molar-refractivity contribution in [1.29, 1.82) is 0 Å². The molecule has 3 fully saturated rings. The molecule has 3 aliphatic rings. The van der Waals surface area contributed by atoms with Crippen LogP contribution in [-0.2, 0) is 16.1 Å². The van der Waals surface area contributed by atoms with Gasteiger partial charge in [-0.1, -0.05) is 24.4 Å². The Hall–Kier alpha value is -2.32. The van der Waals surface area contributed by atoms with E-state index in [4.69, 9.17) is 16.7 Å². The zero-order valence-electron chi connectivity index (χ0n) is 20.1. The Kier molecular flexibility index (Phi) is 7.67.